The number of nitrogens with zero attached hydrogens (tertiary/aromatic N) is 1. The van der Waals surface area contributed by atoms with Gasteiger partial charge in [-0.15, -0.1) is 11.3 Å². The number of thiazole rings is 1. The smallest absolute Gasteiger partial charge is 0.343 e. The molecule has 0 radical (unpaired) electrons. The maximum Gasteiger partial charge on any atom is 0.343 e. The van der Waals surface area contributed by atoms with E-state index in [4.69, 9.17) is 23.9 Å². The Morgan fingerprint density at radius 1 is 0.757 bits per heavy atom. The maximum absolute atomic E-state index is 11.2. The van der Waals surface area contributed by atoms with Crippen molar-refractivity contribution in [3.05, 3.63) is 72.8 Å². The number of hydrogen-bond donors (Lipinski definition) is 0. The van der Waals surface area contributed by atoms with Crippen LogP contribution in [-0.4, -0.2) is 51.2 Å². The van der Waals surface area contributed by atoms with Gasteiger partial charge >= 0.3 is 5.97 Å². The van der Waals surface area contributed by atoms with E-state index >= 15 is 0 Å². The van der Waals surface area contributed by atoms with Gasteiger partial charge in [0, 0.05) is 11.3 Å². The van der Waals surface area contributed by atoms with Crippen molar-refractivity contribution < 1.29 is 28.5 Å². The number of ether oxygens (including phenoxy) is 5. The highest BCUT2D eigenvalue weighted by Crippen LogP contribution is 2.41. The molecule has 0 spiro atoms. The Hall–Kier alpha value is -3.69. The fraction of sp³-hybridized carbons (Fsp3) is 0.214. The van der Waals surface area contributed by atoms with E-state index in [-0.39, 0.29) is 6.61 Å². The van der Waals surface area contributed by atoms with Crippen LogP contribution < -0.4 is 18.9 Å². The molecule has 0 N–H and O–H groups in total. The van der Waals surface area contributed by atoms with Crippen LogP contribution in [0.2, 0.25) is 0 Å². The first-order chi connectivity index (χ1) is 18.1. The van der Waals surface area contributed by atoms with E-state index in [9.17, 15) is 4.79 Å². The van der Waals surface area contributed by atoms with Gasteiger partial charge < -0.3 is 23.7 Å². The molecule has 4 rings (SSSR count). The maximum atomic E-state index is 11.2. The Bertz CT molecular complexity index is 1220. The number of rotatable bonds is 12. The molecule has 9 heteroatoms. The van der Waals surface area contributed by atoms with Crippen molar-refractivity contribution in [1.82, 2.24) is 4.98 Å². The number of benzene rings is 3. The number of thioether (sulfide) groups is 1. The highest BCUT2D eigenvalue weighted by molar-refractivity contribution is 8.01. The van der Waals surface area contributed by atoms with Gasteiger partial charge in [0.05, 0.1) is 38.5 Å². The quantitative estimate of drug-likeness (QED) is 0.120. The normalized spacial score (nSPS) is 10.6. The summed E-state index contributed by atoms with van der Waals surface area (Å²) in [5.74, 6) is 3.23. The molecule has 0 bridgehead atoms. The number of aromatic nitrogens is 1. The summed E-state index contributed by atoms with van der Waals surface area (Å²) in [7, 11) is 4.64. The van der Waals surface area contributed by atoms with E-state index in [0.717, 1.165) is 49.0 Å². The molecule has 0 aliphatic carbocycles. The Balaban J connectivity index is 1.40. The SMILES string of the molecule is COC(=O)COc1ccc(OCCSc2nc(-c3ccc(OC)cc3)c(-c3ccc(OC)cc3)s2)cc1. The van der Waals surface area contributed by atoms with Crippen LogP contribution in [0.5, 0.6) is 23.0 Å². The predicted molar refractivity (Wildman–Crippen MR) is 146 cm³/mol. The van der Waals surface area contributed by atoms with Gasteiger partial charge in [0.15, 0.2) is 10.9 Å². The zero-order valence-corrected chi connectivity index (χ0v) is 22.4. The molecule has 0 aliphatic rings. The van der Waals surface area contributed by atoms with Crippen LogP contribution in [0.1, 0.15) is 0 Å². The largest absolute Gasteiger partial charge is 0.497 e. The summed E-state index contributed by atoms with van der Waals surface area (Å²) in [6.07, 6.45) is 0. The molecule has 7 nitrogen and oxygen atoms in total. The molecule has 37 heavy (non-hydrogen) atoms. The van der Waals surface area contributed by atoms with Gasteiger partial charge in [-0.2, -0.15) is 0 Å². The number of carbonyl (C=O) groups excluding carboxylic acids is 1. The summed E-state index contributed by atoms with van der Waals surface area (Å²) >= 11 is 3.31. The second-order valence-electron chi connectivity index (χ2n) is 7.65. The number of esters is 1. The van der Waals surface area contributed by atoms with Crippen molar-refractivity contribution in [2.24, 2.45) is 0 Å². The lowest BCUT2D eigenvalue weighted by molar-refractivity contribution is -0.142. The molecule has 4 aromatic rings. The average molecular weight is 538 g/mol. The molecule has 0 saturated carbocycles. The third-order valence-electron chi connectivity index (χ3n) is 5.31. The molecule has 0 unspecified atom stereocenters. The van der Waals surface area contributed by atoms with Gasteiger partial charge in [0.25, 0.3) is 0 Å². The second-order valence-corrected chi connectivity index (χ2v) is 9.99. The van der Waals surface area contributed by atoms with Crippen molar-refractivity contribution >= 4 is 29.1 Å². The molecular formula is C28H27NO6S2. The Morgan fingerprint density at radius 3 is 1.86 bits per heavy atom. The van der Waals surface area contributed by atoms with Gasteiger partial charge in [-0.3, -0.25) is 0 Å². The number of methoxy groups -OCH3 is 3. The van der Waals surface area contributed by atoms with E-state index < -0.39 is 5.97 Å². The van der Waals surface area contributed by atoms with Crippen LogP contribution in [0.4, 0.5) is 0 Å². The van der Waals surface area contributed by atoms with E-state index in [1.54, 1.807) is 49.5 Å². The molecule has 1 heterocycles. The third kappa shape index (κ3) is 7.18. The Labute approximate surface area is 224 Å². The minimum absolute atomic E-state index is 0.127. The fourth-order valence-corrected chi connectivity index (χ4v) is 5.43. The number of carbonyl (C=O) groups is 1. The molecule has 0 aliphatic heterocycles. The van der Waals surface area contributed by atoms with Crippen molar-refractivity contribution in [2.75, 3.05) is 40.3 Å². The van der Waals surface area contributed by atoms with Crippen LogP contribution in [0.25, 0.3) is 21.7 Å². The minimum Gasteiger partial charge on any atom is -0.497 e. The van der Waals surface area contributed by atoms with Gasteiger partial charge in [-0.25, -0.2) is 9.78 Å². The lowest BCUT2D eigenvalue weighted by Crippen LogP contribution is -2.12. The van der Waals surface area contributed by atoms with Crippen LogP contribution >= 0.6 is 23.1 Å². The van der Waals surface area contributed by atoms with Crippen molar-refractivity contribution in [3.8, 4) is 44.7 Å². The summed E-state index contributed by atoms with van der Waals surface area (Å²) < 4.78 is 27.4. The average Bonchev–Trinajstić information content (AvgIpc) is 3.39. The summed E-state index contributed by atoms with van der Waals surface area (Å²) in [5.41, 5.74) is 3.05. The molecule has 0 fully saturated rings. The molecule has 192 valence electrons. The van der Waals surface area contributed by atoms with Gasteiger partial charge in [0.2, 0.25) is 0 Å². The van der Waals surface area contributed by atoms with Crippen LogP contribution in [0.3, 0.4) is 0 Å². The molecule has 0 atom stereocenters. The van der Waals surface area contributed by atoms with Gasteiger partial charge in [-0.1, -0.05) is 11.8 Å². The summed E-state index contributed by atoms with van der Waals surface area (Å²) in [6.45, 7) is 0.389. The fourth-order valence-electron chi connectivity index (χ4n) is 3.37. The first kappa shape index (κ1) is 26.4. The van der Waals surface area contributed by atoms with E-state index in [1.807, 2.05) is 48.5 Å². The van der Waals surface area contributed by atoms with Crippen LogP contribution in [-0.2, 0) is 9.53 Å². The van der Waals surface area contributed by atoms with Crippen LogP contribution in [0, 0.1) is 0 Å². The topological polar surface area (TPSA) is 76.1 Å². The lowest BCUT2D eigenvalue weighted by Gasteiger charge is -2.07. The highest BCUT2D eigenvalue weighted by atomic mass is 32.2. The Morgan fingerprint density at radius 2 is 1.30 bits per heavy atom. The van der Waals surface area contributed by atoms with Gasteiger partial charge in [0.1, 0.15) is 23.0 Å². The zero-order chi connectivity index (χ0) is 26.0. The standard InChI is InChI=1S/C28H27NO6S2/c1-31-21-8-4-19(5-9-21)26-27(20-6-10-22(32-2)11-7-20)37-28(29-26)36-17-16-34-23-12-14-24(15-13-23)35-18-25(30)33-3/h4-15H,16-18H2,1-3H3. The van der Waals surface area contributed by atoms with Gasteiger partial charge in [-0.05, 0) is 78.4 Å². The summed E-state index contributed by atoms with van der Waals surface area (Å²) in [4.78, 5) is 17.2. The van der Waals surface area contributed by atoms with Crippen molar-refractivity contribution in [3.63, 3.8) is 0 Å². The van der Waals surface area contributed by atoms with Crippen LogP contribution in [0.15, 0.2) is 77.1 Å². The minimum atomic E-state index is -0.426. The molecule has 1 aromatic heterocycles. The molecular weight excluding hydrogens is 510 g/mol. The van der Waals surface area contributed by atoms with E-state index in [0.29, 0.717) is 12.4 Å². The van der Waals surface area contributed by atoms with Crippen molar-refractivity contribution in [1.29, 1.82) is 0 Å². The molecule has 3 aromatic carbocycles. The van der Waals surface area contributed by atoms with Crippen molar-refractivity contribution in [2.45, 2.75) is 4.34 Å². The predicted octanol–water partition coefficient (Wildman–Crippen LogP) is 6.22. The molecule has 0 amide bonds. The summed E-state index contributed by atoms with van der Waals surface area (Å²) in [5, 5.41) is 0. The van der Waals surface area contributed by atoms with E-state index in [2.05, 4.69) is 16.9 Å². The molecule has 0 saturated heterocycles. The summed E-state index contributed by atoms with van der Waals surface area (Å²) in [6, 6.07) is 23.1. The third-order valence-corrected chi connectivity index (χ3v) is 7.52. The lowest BCUT2D eigenvalue weighted by atomic mass is 10.1. The van der Waals surface area contributed by atoms with E-state index in [1.165, 1.54) is 7.11 Å². The monoisotopic (exact) mass is 537 g/mol. The first-order valence-electron chi connectivity index (χ1n) is 11.4. The second kappa shape index (κ2) is 13.0. The first-order valence-corrected chi connectivity index (χ1v) is 13.2. The highest BCUT2D eigenvalue weighted by Gasteiger charge is 2.16. The number of hydrogen-bond acceptors (Lipinski definition) is 9. The Kier molecular flexibility index (Phi) is 9.29. The zero-order valence-electron chi connectivity index (χ0n) is 20.8.